The van der Waals surface area contributed by atoms with Crippen LogP contribution >= 0.6 is 22.6 Å². The third-order valence-electron chi connectivity index (χ3n) is 10.3. The summed E-state index contributed by atoms with van der Waals surface area (Å²) in [5, 5.41) is 12.2. The molecule has 3 aliphatic rings. The lowest BCUT2D eigenvalue weighted by Gasteiger charge is -2.36. The molecule has 3 fully saturated rings. The van der Waals surface area contributed by atoms with Gasteiger partial charge in [-0.3, -0.25) is 19.1 Å². The summed E-state index contributed by atoms with van der Waals surface area (Å²) in [7, 11) is -6.28. The van der Waals surface area contributed by atoms with Crippen molar-refractivity contribution >= 4 is 76.8 Å². The van der Waals surface area contributed by atoms with Crippen LogP contribution in [0.1, 0.15) is 59.8 Å². The number of amides is 3. The Morgan fingerprint density at radius 2 is 1.76 bits per heavy atom. The Morgan fingerprint density at radius 3 is 2.33 bits per heavy atom. The maximum absolute atomic E-state index is 14.7. The second-order valence-corrected chi connectivity index (χ2v) is 20.0. The highest BCUT2D eigenvalue weighted by atomic mass is 127. The Balaban J connectivity index is 1.32. The predicted molar refractivity (Wildman–Crippen MR) is 210 cm³/mol. The molecule has 1 saturated heterocycles. The largest absolute Gasteiger partial charge is 0.494 e. The summed E-state index contributed by atoms with van der Waals surface area (Å²) in [5.74, 6) is -1.29. The Bertz CT molecular complexity index is 2190. The van der Waals surface area contributed by atoms with Gasteiger partial charge in [0, 0.05) is 26.5 Å². The first-order valence-electron chi connectivity index (χ1n) is 17.6. The molecule has 3 amide bonds. The summed E-state index contributed by atoms with van der Waals surface area (Å²) in [6.07, 6.45) is 2.60. The van der Waals surface area contributed by atoms with Crippen molar-refractivity contribution in [1.82, 2.24) is 19.9 Å². The van der Waals surface area contributed by atoms with Gasteiger partial charge in [0.05, 0.1) is 30.0 Å². The third-order valence-corrected chi connectivity index (χ3v) is 13.7. The van der Waals surface area contributed by atoms with Gasteiger partial charge in [-0.2, -0.15) is 0 Å². The molecule has 0 radical (unpaired) electrons. The first-order chi connectivity index (χ1) is 25.3. The Morgan fingerprint density at radius 1 is 1.07 bits per heavy atom. The monoisotopic (exact) mass is 896 g/mol. The number of nitrogens with two attached hydrogens (primary N) is 1. The Labute approximate surface area is 328 Å². The number of carbonyl (C=O) groups excluding carboxylic acids is 3. The SMILES string of the molecule is CC[C@@H]1C[C@]1(NC(=O)[C@@H]1C[C@@H](Oc2ncc(OC)c3ccc(I)cc23)CN1C(=O)[C@H](Nc1ccc(S(N)(=O)=O)cc1)C(C)(C)C)C(=O)NS(=O)(=O)C1CC1. The summed E-state index contributed by atoms with van der Waals surface area (Å²) >= 11 is 2.19. The van der Waals surface area contributed by atoms with E-state index in [1.54, 1.807) is 13.3 Å². The van der Waals surface area contributed by atoms with Crippen LogP contribution in [0.25, 0.3) is 10.8 Å². The highest BCUT2D eigenvalue weighted by molar-refractivity contribution is 14.1. The standard InChI is InChI=1S/C36H45IN6O9S2/c1-6-20-17-36(20,34(46)42-54(49,50)25-12-13-25)41-31(44)28-16-23(52-32-27-15-21(37)7-14-26(27)29(51-5)18-39-32)19-43(28)33(45)30(35(2,3)4)40-22-8-10-24(11-9-22)53(38,47)48/h7-11,14-15,18,20,23,25,28,30,40H,6,12-13,16-17,19H2,1-5H3,(H,41,44)(H,42,46)(H2,38,47,48)/t20-,23-,28+,30+,36-/m1/s1. The molecular weight excluding hydrogens is 851 g/mol. The number of rotatable bonds is 13. The van der Waals surface area contributed by atoms with Crippen LogP contribution in [0, 0.1) is 14.9 Å². The number of hydrogen-bond donors (Lipinski definition) is 4. The Kier molecular flexibility index (Phi) is 10.9. The molecule has 2 aromatic carbocycles. The number of fused-ring (bicyclic) bond motifs is 1. The van der Waals surface area contributed by atoms with Gasteiger partial charge in [-0.15, -0.1) is 0 Å². The van der Waals surface area contributed by atoms with Crippen molar-refractivity contribution in [2.45, 2.75) is 93.7 Å². The van der Waals surface area contributed by atoms with Gasteiger partial charge in [0.1, 0.15) is 29.5 Å². The van der Waals surface area contributed by atoms with Gasteiger partial charge in [0.25, 0.3) is 5.91 Å². The summed E-state index contributed by atoms with van der Waals surface area (Å²) < 4.78 is 64.3. The number of anilines is 1. The molecule has 0 spiro atoms. The van der Waals surface area contributed by atoms with Gasteiger partial charge in [0.15, 0.2) is 0 Å². The topological polar surface area (TPSA) is 216 Å². The maximum Gasteiger partial charge on any atom is 0.259 e. The molecule has 1 aromatic heterocycles. The summed E-state index contributed by atoms with van der Waals surface area (Å²) in [4.78, 5) is 48.5. The van der Waals surface area contributed by atoms with E-state index in [9.17, 15) is 31.2 Å². The molecule has 292 valence electrons. The van der Waals surface area contributed by atoms with Gasteiger partial charge in [-0.05, 0) is 95.7 Å². The van der Waals surface area contributed by atoms with E-state index >= 15 is 0 Å². The minimum Gasteiger partial charge on any atom is -0.494 e. The van der Waals surface area contributed by atoms with Crippen molar-refractivity contribution in [2.24, 2.45) is 16.5 Å². The van der Waals surface area contributed by atoms with Crippen molar-refractivity contribution in [3.05, 3.63) is 52.2 Å². The predicted octanol–water partition coefficient (Wildman–Crippen LogP) is 3.26. The third kappa shape index (κ3) is 8.25. The first kappa shape index (κ1) is 39.9. The van der Waals surface area contributed by atoms with Gasteiger partial charge < -0.3 is 25.0 Å². The normalized spacial score (nSPS) is 23.4. The van der Waals surface area contributed by atoms with E-state index in [4.69, 9.17) is 14.6 Å². The number of halogens is 1. The maximum atomic E-state index is 14.7. The lowest BCUT2D eigenvalue weighted by Crippen LogP contribution is -2.58. The van der Waals surface area contributed by atoms with Crippen molar-refractivity contribution < 1.29 is 40.7 Å². The number of aromatic nitrogens is 1. The second-order valence-electron chi connectivity index (χ2n) is 15.3. The number of sulfonamides is 2. The highest BCUT2D eigenvalue weighted by Crippen LogP contribution is 2.47. The lowest BCUT2D eigenvalue weighted by molar-refractivity contribution is -0.141. The minimum atomic E-state index is -3.94. The van der Waals surface area contributed by atoms with Crippen LogP contribution in [0.5, 0.6) is 11.6 Å². The molecular formula is C36H45IN6O9S2. The molecule has 0 unspecified atom stereocenters. The number of likely N-dealkylation sites (tertiary alicyclic amines) is 1. The number of benzene rings is 2. The fourth-order valence-electron chi connectivity index (χ4n) is 6.97. The van der Waals surface area contributed by atoms with Crippen LogP contribution < -0.4 is 30.0 Å². The van der Waals surface area contributed by atoms with Crippen LogP contribution in [0.2, 0.25) is 0 Å². The van der Waals surface area contributed by atoms with Crippen LogP contribution in [0.3, 0.4) is 0 Å². The smallest absolute Gasteiger partial charge is 0.259 e. The number of hydrogen-bond acceptors (Lipinski definition) is 11. The molecule has 2 saturated carbocycles. The fourth-order valence-corrected chi connectivity index (χ4v) is 9.34. The molecule has 18 heteroatoms. The molecule has 1 aliphatic heterocycles. The first-order valence-corrected chi connectivity index (χ1v) is 21.8. The van der Waals surface area contributed by atoms with Gasteiger partial charge in [-0.1, -0.05) is 34.1 Å². The van der Waals surface area contributed by atoms with E-state index in [-0.39, 0.29) is 36.1 Å². The summed E-state index contributed by atoms with van der Waals surface area (Å²) in [6, 6.07) is 9.38. The summed E-state index contributed by atoms with van der Waals surface area (Å²) in [5.41, 5.74) is -1.72. The zero-order valence-electron chi connectivity index (χ0n) is 30.6. The van der Waals surface area contributed by atoms with E-state index in [0.717, 1.165) is 8.96 Å². The van der Waals surface area contributed by atoms with Crippen LogP contribution in [-0.2, 0) is 34.4 Å². The average Bonchev–Trinajstić information content (AvgIpc) is 4.03. The molecule has 54 heavy (non-hydrogen) atoms. The van der Waals surface area contributed by atoms with Crippen LogP contribution in [0.4, 0.5) is 5.69 Å². The molecule has 5 atom stereocenters. The zero-order chi connectivity index (χ0) is 39.4. The molecule has 6 rings (SSSR count). The molecule has 2 heterocycles. The number of carbonyl (C=O) groups is 3. The van der Waals surface area contributed by atoms with Crippen LogP contribution in [-0.4, -0.2) is 87.1 Å². The Hall–Kier alpha value is -3.75. The van der Waals surface area contributed by atoms with Crippen molar-refractivity contribution in [3.8, 4) is 11.6 Å². The lowest BCUT2D eigenvalue weighted by atomic mass is 9.85. The van der Waals surface area contributed by atoms with E-state index in [1.165, 1.54) is 29.2 Å². The van der Waals surface area contributed by atoms with E-state index < -0.39 is 72.2 Å². The van der Waals surface area contributed by atoms with Crippen molar-refractivity contribution in [3.63, 3.8) is 0 Å². The van der Waals surface area contributed by atoms with Crippen molar-refractivity contribution in [1.29, 1.82) is 0 Å². The zero-order valence-corrected chi connectivity index (χ0v) is 34.4. The number of ether oxygens (including phenoxy) is 2. The molecule has 3 aromatic rings. The quantitative estimate of drug-likeness (QED) is 0.183. The van der Waals surface area contributed by atoms with E-state index in [1.807, 2.05) is 45.9 Å². The van der Waals surface area contributed by atoms with Gasteiger partial charge >= 0.3 is 0 Å². The van der Waals surface area contributed by atoms with E-state index in [2.05, 4.69) is 42.9 Å². The average molecular weight is 897 g/mol. The highest BCUT2D eigenvalue weighted by Gasteiger charge is 2.62. The minimum absolute atomic E-state index is 0.0128. The fraction of sp³-hybridized carbons (Fsp3) is 0.500. The molecule has 15 nitrogen and oxygen atoms in total. The molecule has 0 bridgehead atoms. The number of methoxy groups -OCH3 is 1. The summed E-state index contributed by atoms with van der Waals surface area (Å²) in [6.45, 7) is 7.40. The number of primary sulfonamides is 1. The number of nitrogens with one attached hydrogen (secondary N) is 3. The molecule has 5 N–H and O–H groups in total. The number of nitrogens with zero attached hydrogens (tertiary/aromatic N) is 2. The number of pyridine rings is 1. The van der Waals surface area contributed by atoms with Crippen LogP contribution in [0.15, 0.2) is 53.6 Å². The molecule has 2 aliphatic carbocycles. The van der Waals surface area contributed by atoms with Crippen molar-refractivity contribution in [2.75, 3.05) is 19.0 Å². The van der Waals surface area contributed by atoms with Gasteiger partial charge in [0.2, 0.25) is 37.7 Å². The van der Waals surface area contributed by atoms with Gasteiger partial charge in [-0.25, -0.2) is 27.0 Å². The van der Waals surface area contributed by atoms with E-state index in [0.29, 0.717) is 36.1 Å². The second kappa shape index (κ2) is 14.7.